The van der Waals surface area contributed by atoms with Crippen LogP contribution in [0.25, 0.3) is 21.9 Å². The number of nitrogens with one attached hydrogen (secondary N) is 1. The predicted octanol–water partition coefficient (Wildman–Crippen LogP) is 5.74. The molecule has 1 aliphatic rings. The summed E-state index contributed by atoms with van der Waals surface area (Å²) < 4.78 is 7.54. The van der Waals surface area contributed by atoms with Crippen molar-refractivity contribution in [1.82, 2.24) is 24.3 Å². The molecule has 0 spiro atoms. The third kappa shape index (κ3) is 6.18. The number of hydrogen-bond donors (Lipinski definition) is 1. The highest BCUT2D eigenvalue weighted by Gasteiger charge is 2.26. The fourth-order valence-electron chi connectivity index (χ4n) is 5.87. The number of piperidine rings is 1. The average molecular weight is 550 g/mol. The minimum atomic E-state index is -0.274. The van der Waals surface area contributed by atoms with E-state index in [1.165, 1.54) is 11.1 Å². The standard InChI is InChI=1S/C33H35N5O3/c39-32-35-30-13-6-7-14-31(30)38(32)27-16-20-37(21-17-27)33(40)41-22-8-19-36(23-25-9-2-1-3-10-25)24-26-15-18-34-29-12-5-4-11-28(26)29/h1-7,9-15,18,27H,8,16-17,19-24H2,(H,35,39). The molecule has 0 radical (unpaired) electrons. The Morgan fingerprint density at radius 2 is 1.68 bits per heavy atom. The molecule has 0 atom stereocenters. The number of nitrogens with zero attached hydrogens (tertiary/aromatic N) is 4. The van der Waals surface area contributed by atoms with Gasteiger partial charge < -0.3 is 14.6 Å². The maximum Gasteiger partial charge on any atom is 0.409 e. The van der Waals surface area contributed by atoms with Gasteiger partial charge in [0, 0.05) is 50.3 Å². The minimum Gasteiger partial charge on any atom is -0.449 e. The highest BCUT2D eigenvalue weighted by molar-refractivity contribution is 5.81. The number of fused-ring (bicyclic) bond motifs is 2. The molecule has 3 aromatic carbocycles. The van der Waals surface area contributed by atoms with Crippen molar-refractivity contribution in [1.29, 1.82) is 0 Å². The molecule has 2 aromatic heterocycles. The first-order valence-corrected chi connectivity index (χ1v) is 14.4. The van der Waals surface area contributed by atoms with Crippen LogP contribution in [0.15, 0.2) is 95.9 Å². The van der Waals surface area contributed by atoms with Crippen molar-refractivity contribution in [2.75, 3.05) is 26.2 Å². The van der Waals surface area contributed by atoms with Crippen molar-refractivity contribution in [3.8, 4) is 0 Å². The number of amides is 1. The first kappa shape index (κ1) is 26.8. The van der Waals surface area contributed by atoms with Crippen LogP contribution in [0.2, 0.25) is 0 Å². The normalized spacial score (nSPS) is 14.2. The van der Waals surface area contributed by atoms with E-state index in [1.54, 1.807) is 4.90 Å². The van der Waals surface area contributed by atoms with E-state index in [1.807, 2.05) is 53.2 Å². The number of benzene rings is 3. The molecule has 3 heterocycles. The first-order valence-electron chi connectivity index (χ1n) is 14.4. The zero-order valence-corrected chi connectivity index (χ0v) is 23.1. The number of carbonyl (C=O) groups excluding carboxylic acids is 1. The molecule has 210 valence electrons. The number of pyridine rings is 1. The van der Waals surface area contributed by atoms with Gasteiger partial charge in [-0.05, 0) is 54.7 Å². The number of imidazole rings is 1. The van der Waals surface area contributed by atoms with Crippen LogP contribution in [0.5, 0.6) is 0 Å². The zero-order valence-electron chi connectivity index (χ0n) is 23.1. The van der Waals surface area contributed by atoms with Crippen molar-refractivity contribution in [2.24, 2.45) is 0 Å². The summed E-state index contributed by atoms with van der Waals surface area (Å²) in [5.41, 5.74) is 5.15. The van der Waals surface area contributed by atoms with Gasteiger partial charge in [0.15, 0.2) is 0 Å². The van der Waals surface area contributed by atoms with E-state index in [-0.39, 0.29) is 17.8 Å². The quantitative estimate of drug-likeness (QED) is 0.237. The molecule has 6 rings (SSSR count). The number of hydrogen-bond acceptors (Lipinski definition) is 5. The third-order valence-electron chi connectivity index (χ3n) is 7.94. The largest absolute Gasteiger partial charge is 0.449 e. The lowest BCUT2D eigenvalue weighted by Crippen LogP contribution is -2.41. The van der Waals surface area contributed by atoms with Gasteiger partial charge in [0.1, 0.15) is 0 Å². The molecular formula is C33H35N5O3. The summed E-state index contributed by atoms with van der Waals surface area (Å²) in [6.07, 6.45) is 3.79. The molecule has 0 saturated carbocycles. The summed E-state index contributed by atoms with van der Waals surface area (Å²) in [5.74, 6) is 0. The van der Waals surface area contributed by atoms with Gasteiger partial charge in [-0.2, -0.15) is 0 Å². The van der Waals surface area contributed by atoms with Crippen LogP contribution in [0.1, 0.15) is 36.4 Å². The van der Waals surface area contributed by atoms with E-state index in [9.17, 15) is 9.59 Å². The Kier molecular flexibility index (Phi) is 8.09. The lowest BCUT2D eigenvalue weighted by atomic mass is 10.0. The Morgan fingerprint density at radius 3 is 2.54 bits per heavy atom. The Morgan fingerprint density at radius 1 is 0.927 bits per heavy atom. The van der Waals surface area contributed by atoms with Crippen LogP contribution in [-0.4, -0.2) is 56.7 Å². The lowest BCUT2D eigenvalue weighted by Gasteiger charge is -2.32. The number of carbonyl (C=O) groups is 1. The van der Waals surface area contributed by atoms with Crippen molar-refractivity contribution in [3.63, 3.8) is 0 Å². The first-order chi connectivity index (χ1) is 20.2. The number of aromatic amines is 1. The Balaban J connectivity index is 1.03. The maximum atomic E-state index is 12.9. The molecular weight excluding hydrogens is 514 g/mol. The highest BCUT2D eigenvalue weighted by atomic mass is 16.6. The summed E-state index contributed by atoms with van der Waals surface area (Å²) in [6, 6.07) is 28.6. The molecule has 1 amide bonds. The number of H-pyrrole nitrogens is 1. The van der Waals surface area contributed by atoms with Gasteiger partial charge in [-0.25, -0.2) is 9.59 Å². The summed E-state index contributed by atoms with van der Waals surface area (Å²) in [5, 5.41) is 1.16. The van der Waals surface area contributed by atoms with Gasteiger partial charge in [-0.1, -0.05) is 60.7 Å². The van der Waals surface area contributed by atoms with Crippen molar-refractivity contribution in [2.45, 2.75) is 38.4 Å². The number of aromatic nitrogens is 3. The molecule has 5 aromatic rings. The monoisotopic (exact) mass is 549 g/mol. The second-order valence-electron chi connectivity index (χ2n) is 10.7. The lowest BCUT2D eigenvalue weighted by molar-refractivity contribution is 0.0841. The fourth-order valence-corrected chi connectivity index (χ4v) is 5.87. The van der Waals surface area contributed by atoms with E-state index in [0.717, 1.165) is 60.8 Å². The number of rotatable bonds is 9. The van der Waals surface area contributed by atoms with Crippen molar-refractivity contribution >= 4 is 28.0 Å². The summed E-state index contributed by atoms with van der Waals surface area (Å²) in [7, 11) is 0. The summed E-state index contributed by atoms with van der Waals surface area (Å²) >= 11 is 0. The topological polar surface area (TPSA) is 83.5 Å². The Labute approximate surface area is 239 Å². The maximum absolute atomic E-state index is 12.9. The van der Waals surface area contributed by atoms with Gasteiger partial charge in [0.25, 0.3) is 0 Å². The van der Waals surface area contributed by atoms with Crippen LogP contribution in [0.3, 0.4) is 0 Å². The molecule has 1 fully saturated rings. The second-order valence-corrected chi connectivity index (χ2v) is 10.7. The molecule has 8 heteroatoms. The van der Waals surface area contributed by atoms with Crippen molar-refractivity contribution in [3.05, 3.63) is 113 Å². The van der Waals surface area contributed by atoms with Crippen LogP contribution in [0.4, 0.5) is 4.79 Å². The number of ether oxygens (including phenoxy) is 1. The molecule has 0 unspecified atom stereocenters. The third-order valence-corrected chi connectivity index (χ3v) is 7.94. The van der Waals surface area contributed by atoms with E-state index in [0.29, 0.717) is 19.7 Å². The average Bonchev–Trinajstić information content (AvgIpc) is 3.35. The molecule has 0 bridgehead atoms. The smallest absolute Gasteiger partial charge is 0.409 e. The summed E-state index contributed by atoms with van der Waals surface area (Å²) in [4.78, 5) is 37.0. The van der Waals surface area contributed by atoms with Crippen LogP contribution >= 0.6 is 0 Å². The van der Waals surface area contributed by atoms with Gasteiger partial charge >= 0.3 is 11.8 Å². The molecule has 0 aliphatic carbocycles. The van der Waals surface area contributed by atoms with E-state index >= 15 is 0 Å². The van der Waals surface area contributed by atoms with Crippen molar-refractivity contribution < 1.29 is 9.53 Å². The van der Waals surface area contributed by atoms with E-state index < -0.39 is 0 Å². The molecule has 1 saturated heterocycles. The number of likely N-dealkylation sites (tertiary alicyclic amines) is 1. The Hall–Kier alpha value is -4.43. The minimum absolute atomic E-state index is 0.0681. The fraction of sp³-hybridized carbons (Fsp3) is 0.303. The molecule has 1 N–H and O–H groups in total. The van der Waals surface area contributed by atoms with Gasteiger partial charge in [-0.3, -0.25) is 14.5 Å². The van der Waals surface area contributed by atoms with E-state index in [4.69, 9.17) is 4.74 Å². The predicted molar refractivity (Wildman–Crippen MR) is 161 cm³/mol. The molecule has 8 nitrogen and oxygen atoms in total. The van der Waals surface area contributed by atoms with Crippen LogP contribution < -0.4 is 5.69 Å². The van der Waals surface area contributed by atoms with Crippen LogP contribution in [0, 0.1) is 0 Å². The summed E-state index contributed by atoms with van der Waals surface area (Å²) in [6.45, 7) is 3.90. The SMILES string of the molecule is O=C(OCCCN(Cc1ccccc1)Cc1ccnc2ccccc12)N1CCC(n2c(=O)[nH]c3ccccc32)CC1. The Bertz CT molecular complexity index is 1670. The van der Waals surface area contributed by atoms with Gasteiger partial charge in [-0.15, -0.1) is 0 Å². The number of para-hydroxylation sites is 3. The highest BCUT2D eigenvalue weighted by Crippen LogP contribution is 2.25. The zero-order chi connectivity index (χ0) is 28.0. The van der Waals surface area contributed by atoms with Gasteiger partial charge in [0.05, 0.1) is 23.2 Å². The van der Waals surface area contributed by atoms with Gasteiger partial charge in [0.2, 0.25) is 0 Å². The molecule has 1 aliphatic heterocycles. The van der Waals surface area contributed by atoms with Crippen LogP contribution in [-0.2, 0) is 17.8 Å². The van der Waals surface area contributed by atoms with E-state index in [2.05, 4.69) is 57.3 Å². The molecule has 41 heavy (non-hydrogen) atoms. The second kappa shape index (κ2) is 12.4.